The van der Waals surface area contributed by atoms with Crippen LogP contribution in [0.3, 0.4) is 0 Å². The molecule has 4 nitrogen and oxygen atoms in total. The summed E-state index contributed by atoms with van der Waals surface area (Å²) >= 11 is 3.48. The summed E-state index contributed by atoms with van der Waals surface area (Å²) in [5.74, 6) is 0. The third kappa shape index (κ3) is 3.48. The van der Waals surface area contributed by atoms with Crippen LogP contribution in [0.5, 0.6) is 0 Å². The van der Waals surface area contributed by atoms with Gasteiger partial charge in [0.05, 0.1) is 11.5 Å². The molecule has 0 atom stereocenters. The van der Waals surface area contributed by atoms with E-state index in [4.69, 9.17) is 5.11 Å². The number of nitrogens with zero attached hydrogens (tertiary/aromatic N) is 1. The Hall–Kier alpha value is -1.54. The van der Waals surface area contributed by atoms with Crippen LogP contribution in [0.25, 0.3) is 0 Å². The minimum Gasteiger partial charge on any atom is -0.465 e. The van der Waals surface area contributed by atoms with Crippen LogP contribution in [0.2, 0.25) is 0 Å². The number of nitriles is 1. The standard InChI is InChI=1S/C14H15BrN2O2/c15-12-7-10(2-1-5-17-13(18)19)6-11(8-12)14(9-16)3-4-14/h6-8,17H,1-5H2,(H,18,19). The van der Waals surface area contributed by atoms with Gasteiger partial charge in [0.15, 0.2) is 0 Å². The highest BCUT2D eigenvalue weighted by atomic mass is 79.9. The number of hydrogen-bond acceptors (Lipinski definition) is 2. The summed E-state index contributed by atoms with van der Waals surface area (Å²) in [6.45, 7) is 0.445. The minimum absolute atomic E-state index is 0.280. The van der Waals surface area contributed by atoms with Crippen molar-refractivity contribution >= 4 is 22.0 Å². The fraction of sp³-hybridized carbons (Fsp3) is 0.429. The summed E-state index contributed by atoms with van der Waals surface area (Å²) in [6.07, 6.45) is 2.42. The quantitative estimate of drug-likeness (QED) is 0.817. The normalized spacial score (nSPS) is 15.6. The molecule has 19 heavy (non-hydrogen) atoms. The van der Waals surface area contributed by atoms with Gasteiger partial charge in [0.25, 0.3) is 0 Å². The molecule has 1 aromatic carbocycles. The lowest BCUT2D eigenvalue weighted by atomic mass is 9.95. The van der Waals surface area contributed by atoms with Crippen molar-refractivity contribution in [3.8, 4) is 6.07 Å². The second kappa shape index (κ2) is 5.62. The fourth-order valence-corrected chi connectivity index (χ4v) is 2.69. The molecule has 2 rings (SSSR count). The topological polar surface area (TPSA) is 73.1 Å². The van der Waals surface area contributed by atoms with Gasteiger partial charge in [0, 0.05) is 11.0 Å². The number of rotatable bonds is 5. The van der Waals surface area contributed by atoms with Gasteiger partial charge in [-0.05, 0) is 48.9 Å². The van der Waals surface area contributed by atoms with Crippen molar-refractivity contribution in [1.29, 1.82) is 5.26 Å². The molecule has 0 heterocycles. The van der Waals surface area contributed by atoms with Crippen molar-refractivity contribution < 1.29 is 9.90 Å². The summed E-state index contributed by atoms with van der Waals surface area (Å²) < 4.78 is 0.979. The number of carboxylic acid groups (broad SMARTS) is 1. The van der Waals surface area contributed by atoms with Crippen LogP contribution in [-0.2, 0) is 11.8 Å². The SMILES string of the molecule is N#CC1(c2cc(Br)cc(CCCNC(=O)O)c2)CC1. The molecular weight excluding hydrogens is 308 g/mol. The highest BCUT2D eigenvalue weighted by molar-refractivity contribution is 9.10. The highest BCUT2D eigenvalue weighted by Gasteiger charge is 2.45. The van der Waals surface area contributed by atoms with Crippen molar-refractivity contribution in [1.82, 2.24) is 5.32 Å². The van der Waals surface area contributed by atoms with E-state index in [9.17, 15) is 10.1 Å². The van der Waals surface area contributed by atoms with Gasteiger partial charge in [-0.1, -0.05) is 22.0 Å². The molecule has 1 aromatic rings. The van der Waals surface area contributed by atoms with Crippen LogP contribution in [0.4, 0.5) is 4.79 Å². The van der Waals surface area contributed by atoms with E-state index in [0.717, 1.165) is 41.3 Å². The lowest BCUT2D eigenvalue weighted by Gasteiger charge is -2.10. The first kappa shape index (κ1) is 13.9. The van der Waals surface area contributed by atoms with Crippen molar-refractivity contribution in [3.05, 3.63) is 33.8 Å². The molecule has 1 aliphatic rings. The predicted molar refractivity (Wildman–Crippen MR) is 75.0 cm³/mol. The number of benzene rings is 1. The Morgan fingerprint density at radius 3 is 2.79 bits per heavy atom. The Balaban J connectivity index is 2.02. The Morgan fingerprint density at radius 1 is 1.47 bits per heavy atom. The number of halogens is 1. The largest absolute Gasteiger partial charge is 0.465 e. The van der Waals surface area contributed by atoms with Gasteiger partial charge in [-0.3, -0.25) is 0 Å². The zero-order valence-electron chi connectivity index (χ0n) is 10.4. The second-order valence-corrected chi connectivity index (χ2v) is 5.79. The van der Waals surface area contributed by atoms with Crippen LogP contribution in [-0.4, -0.2) is 17.7 Å². The average molecular weight is 323 g/mol. The van der Waals surface area contributed by atoms with Gasteiger partial charge in [0.1, 0.15) is 0 Å². The highest BCUT2D eigenvalue weighted by Crippen LogP contribution is 2.48. The van der Waals surface area contributed by atoms with Crippen LogP contribution >= 0.6 is 15.9 Å². The molecule has 0 radical (unpaired) electrons. The maximum absolute atomic E-state index is 10.3. The molecule has 2 N–H and O–H groups in total. The number of amides is 1. The second-order valence-electron chi connectivity index (χ2n) is 4.88. The molecular formula is C14H15BrN2O2. The third-order valence-corrected chi connectivity index (χ3v) is 3.85. The molecule has 0 bridgehead atoms. The maximum atomic E-state index is 10.3. The molecule has 0 aromatic heterocycles. The first-order chi connectivity index (χ1) is 9.05. The van der Waals surface area contributed by atoms with Crippen LogP contribution in [0.15, 0.2) is 22.7 Å². The van der Waals surface area contributed by atoms with E-state index in [-0.39, 0.29) is 5.41 Å². The number of nitrogens with one attached hydrogen (secondary N) is 1. The first-order valence-electron chi connectivity index (χ1n) is 6.24. The first-order valence-corrected chi connectivity index (χ1v) is 7.03. The Labute approximate surface area is 120 Å². The molecule has 1 saturated carbocycles. The van der Waals surface area contributed by atoms with Crippen molar-refractivity contribution in [2.75, 3.05) is 6.54 Å². The lowest BCUT2D eigenvalue weighted by molar-refractivity contribution is 0.194. The molecule has 1 aliphatic carbocycles. The van der Waals surface area contributed by atoms with Gasteiger partial charge in [-0.15, -0.1) is 0 Å². The number of hydrogen-bond donors (Lipinski definition) is 2. The van der Waals surface area contributed by atoms with Gasteiger partial charge < -0.3 is 10.4 Å². The van der Waals surface area contributed by atoms with Crippen molar-refractivity contribution in [2.24, 2.45) is 0 Å². The summed E-state index contributed by atoms with van der Waals surface area (Å²) in [6, 6.07) is 8.50. The smallest absolute Gasteiger partial charge is 0.404 e. The molecule has 0 saturated heterocycles. The van der Waals surface area contributed by atoms with Crippen LogP contribution in [0.1, 0.15) is 30.4 Å². The number of aryl methyl sites for hydroxylation is 1. The minimum atomic E-state index is -0.989. The molecule has 1 fully saturated rings. The van der Waals surface area contributed by atoms with Gasteiger partial charge in [-0.25, -0.2) is 4.79 Å². The monoisotopic (exact) mass is 322 g/mol. The fourth-order valence-electron chi connectivity index (χ4n) is 2.15. The lowest BCUT2D eigenvalue weighted by Crippen LogP contribution is -2.22. The van der Waals surface area contributed by atoms with E-state index in [1.54, 1.807) is 0 Å². The molecule has 0 aliphatic heterocycles. The molecule has 5 heteroatoms. The zero-order chi connectivity index (χ0) is 13.9. The predicted octanol–water partition coefficient (Wildman–Crippen LogP) is 3.20. The van der Waals surface area contributed by atoms with Crippen molar-refractivity contribution in [3.63, 3.8) is 0 Å². The van der Waals surface area contributed by atoms with Gasteiger partial charge >= 0.3 is 6.09 Å². The van der Waals surface area contributed by atoms with Crippen LogP contribution in [0, 0.1) is 11.3 Å². The van der Waals surface area contributed by atoms with E-state index >= 15 is 0 Å². The molecule has 100 valence electrons. The summed E-state index contributed by atoms with van der Waals surface area (Å²) in [4.78, 5) is 10.3. The molecule has 0 spiro atoms. The van der Waals surface area contributed by atoms with E-state index in [0.29, 0.717) is 6.54 Å². The number of carbonyl (C=O) groups is 1. The molecule has 1 amide bonds. The Morgan fingerprint density at radius 2 is 2.21 bits per heavy atom. The molecule has 0 unspecified atom stereocenters. The maximum Gasteiger partial charge on any atom is 0.404 e. The summed E-state index contributed by atoms with van der Waals surface area (Å²) in [7, 11) is 0. The zero-order valence-corrected chi connectivity index (χ0v) is 12.0. The third-order valence-electron chi connectivity index (χ3n) is 3.39. The van der Waals surface area contributed by atoms with Crippen LogP contribution < -0.4 is 5.32 Å². The van der Waals surface area contributed by atoms with E-state index in [1.807, 2.05) is 12.1 Å². The van der Waals surface area contributed by atoms with E-state index in [2.05, 4.69) is 33.4 Å². The van der Waals surface area contributed by atoms with Gasteiger partial charge in [0.2, 0.25) is 0 Å². The van der Waals surface area contributed by atoms with Crippen molar-refractivity contribution in [2.45, 2.75) is 31.1 Å². The van der Waals surface area contributed by atoms with E-state index < -0.39 is 6.09 Å². The summed E-state index contributed by atoms with van der Waals surface area (Å²) in [5, 5.41) is 20.1. The Bertz CT molecular complexity index is 533. The summed E-state index contributed by atoms with van der Waals surface area (Å²) in [5.41, 5.74) is 1.93. The van der Waals surface area contributed by atoms with Gasteiger partial charge in [-0.2, -0.15) is 5.26 Å². The average Bonchev–Trinajstić information content (AvgIpc) is 3.15. The van der Waals surface area contributed by atoms with E-state index in [1.165, 1.54) is 0 Å². The Kier molecular flexibility index (Phi) is 4.11.